The van der Waals surface area contributed by atoms with Crippen LogP contribution < -0.4 is 10.2 Å². The van der Waals surface area contributed by atoms with Gasteiger partial charge in [0, 0.05) is 61.4 Å². The molecule has 1 N–H and O–H groups in total. The Labute approximate surface area is 222 Å². The van der Waals surface area contributed by atoms with E-state index in [1.165, 1.54) is 34.6 Å². The Morgan fingerprint density at radius 3 is 2.32 bits per heavy atom. The number of piperazine rings is 1. The summed E-state index contributed by atoms with van der Waals surface area (Å²) in [4.78, 5) is 9.15. The average Bonchev–Trinajstić information content (AvgIpc) is 2.93. The first-order valence-electron chi connectivity index (χ1n) is 13.3. The monoisotopic (exact) mass is 518 g/mol. The van der Waals surface area contributed by atoms with Gasteiger partial charge in [0.25, 0.3) is 0 Å². The summed E-state index contributed by atoms with van der Waals surface area (Å²) in [5.41, 5.74) is 6.79. The molecule has 0 amide bonds. The van der Waals surface area contributed by atoms with E-state index in [0.29, 0.717) is 10.9 Å². The van der Waals surface area contributed by atoms with Gasteiger partial charge in [-0.15, -0.1) is 0 Å². The molecule has 1 aromatic heterocycles. The van der Waals surface area contributed by atoms with Crippen LogP contribution in [0.1, 0.15) is 36.1 Å². The average molecular weight is 519 g/mol. The van der Waals surface area contributed by atoms with Crippen LogP contribution in [0, 0.1) is 0 Å². The highest BCUT2D eigenvalue weighted by Crippen LogP contribution is 2.33. The van der Waals surface area contributed by atoms with Crippen LogP contribution in [0.25, 0.3) is 10.9 Å². The van der Waals surface area contributed by atoms with Gasteiger partial charge < -0.3 is 10.2 Å². The number of anilines is 3. The molecule has 0 radical (unpaired) electrons. The Morgan fingerprint density at radius 1 is 0.868 bits per heavy atom. The quantitative estimate of drug-likeness (QED) is 0.275. The molecule has 1 fully saturated rings. The molecule has 1 aliphatic heterocycles. The molecule has 2 heterocycles. The molecule has 4 nitrogen and oxygen atoms in total. The molecule has 1 aliphatic rings. The second-order valence-electron chi connectivity index (χ2n) is 9.80. The predicted molar refractivity (Wildman–Crippen MR) is 149 cm³/mol. The fraction of sp³-hybridized carbons (Fsp3) is 0.323. The van der Waals surface area contributed by atoms with Crippen molar-refractivity contribution < 1.29 is 13.2 Å². The van der Waals surface area contributed by atoms with Gasteiger partial charge in [0.2, 0.25) is 0 Å². The van der Waals surface area contributed by atoms with Crippen molar-refractivity contribution in [3.8, 4) is 0 Å². The Bertz CT molecular complexity index is 1390. The molecular weight excluding hydrogens is 485 g/mol. The van der Waals surface area contributed by atoms with Crippen molar-refractivity contribution >= 4 is 28.0 Å². The van der Waals surface area contributed by atoms with E-state index in [2.05, 4.69) is 64.3 Å². The number of hydrogen-bond donors (Lipinski definition) is 1. The van der Waals surface area contributed by atoms with Crippen molar-refractivity contribution in [2.75, 3.05) is 36.4 Å². The molecule has 5 rings (SSSR count). The summed E-state index contributed by atoms with van der Waals surface area (Å²) in [6, 6.07) is 20.4. The molecule has 0 atom stereocenters. The fourth-order valence-electron chi connectivity index (χ4n) is 5.34. The summed E-state index contributed by atoms with van der Waals surface area (Å²) in [6.45, 7) is 9.43. The molecule has 198 valence electrons. The lowest BCUT2D eigenvalue weighted by molar-refractivity contribution is -0.137. The number of nitrogens with one attached hydrogen (secondary N) is 1. The van der Waals surface area contributed by atoms with Gasteiger partial charge in [-0.3, -0.25) is 9.88 Å². The highest BCUT2D eigenvalue weighted by Gasteiger charge is 2.30. The lowest BCUT2D eigenvalue weighted by atomic mass is 10.00. The van der Waals surface area contributed by atoms with Gasteiger partial charge in [0.05, 0.1) is 11.1 Å². The number of fused-ring (bicyclic) bond motifs is 1. The van der Waals surface area contributed by atoms with E-state index < -0.39 is 11.7 Å². The Morgan fingerprint density at radius 2 is 1.63 bits per heavy atom. The first kappa shape index (κ1) is 26.0. The lowest BCUT2D eigenvalue weighted by Gasteiger charge is -2.37. The van der Waals surface area contributed by atoms with Crippen molar-refractivity contribution in [2.24, 2.45) is 0 Å². The van der Waals surface area contributed by atoms with Gasteiger partial charge in [-0.05, 0) is 65.9 Å². The van der Waals surface area contributed by atoms with E-state index in [1.54, 1.807) is 6.07 Å². The van der Waals surface area contributed by atoms with Crippen LogP contribution in [0.15, 0.2) is 72.9 Å². The maximum Gasteiger partial charge on any atom is 0.416 e. The Balaban J connectivity index is 1.21. The van der Waals surface area contributed by atoms with Gasteiger partial charge in [-0.2, -0.15) is 13.2 Å². The maximum atomic E-state index is 13.1. The molecular formula is C31H33F3N4. The normalized spacial score (nSPS) is 14.7. The minimum absolute atomic E-state index is 0.313. The lowest BCUT2D eigenvalue weighted by Crippen LogP contribution is -2.46. The molecule has 0 saturated carbocycles. The van der Waals surface area contributed by atoms with Crippen molar-refractivity contribution in [1.82, 2.24) is 9.88 Å². The zero-order chi connectivity index (χ0) is 26.7. The molecule has 0 unspecified atom stereocenters. The molecule has 0 spiro atoms. The van der Waals surface area contributed by atoms with Gasteiger partial charge in [-0.1, -0.05) is 44.2 Å². The maximum absolute atomic E-state index is 13.1. The number of rotatable bonds is 7. The molecule has 4 aromatic rings. The first-order valence-corrected chi connectivity index (χ1v) is 13.3. The van der Waals surface area contributed by atoms with Crippen molar-refractivity contribution in [2.45, 2.75) is 39.4 Å². The molecule has 3 aromatic carbocycles. The van der Waals surface area contributed by atoms with E-state index in [9.17, 15) is 13.2 Å². The second kappa shape index (κ2) is 11.0. The largest absolute Gasteiger partial charge is 0.416 e. The third-order valence-corrected chi connectivity index (χ3v) is 7.40. The van der Waals surface area contributed by atoms with E-state index >= 15 is 0 Å². The number of hydrogen-bond acceptors (Lipinski definition) is 4. The molecule has 7 heteroatoms. The number of aryl methyl sites for hydroxylation is 1. The topological polar surface area (TPSA) is 31.4 Å². The summed E-state index contributed by atoms with van der Waals surface area (Å²) >= 11 is 0. The minimum atomic E-state index is -4.39. The number of nitrogens with zero attached hydrogens (tertiary/aromatic N) is 3. The summed E-state index contributed by atoms with van der Waals surface area (Å²) in [5, 5.41) is 3.99. The highest BCUT2D eigenvalue weighted by atomic mass is 19.4. The number of aromatic nitrogens is 1. The van der Waals surface area contributed by atoms with Crippen molar-refractivity contribution in [3.05, 3.63) is 95.2 Å². The number of halogens is 3. The third kappa shape index (κ3) is 5.63. The smallest absolute Gasteiger partial charge is 0.369 e. The third-order valence-electron chi connectivity index (χ3n) is 7.40. The number of alkyl halides is 3. The summed E-state index contributed by atoms with van der Waals surface area (Å²) < 4.78 is 39.2. The first-order chi connectivity index (χ1) is 18.4. The predicted octanol–water partition coefficient (Wildman–Crippen LogP) is 7.44. The Kier molecular flexibility index (Phi) is 7.56. The number of benzene rings is 3. The molecule has 0 aliphatic carbocycles. The van der Waals surface area contributed by atoms with Gasteiger partial charge in [-0.25, -0.2) is 0 Å². The molecule has 1 saturated heterocycles. The van der Waals surface area contributed by atoms with Gasteiger partial charge >= 0.3 is 6.18 Å². The fourth-order valence-corrected chi connectivity index (χ4v) is 5.34. The summed E-state index contributed by atoms with van der Waals surface area (Å²) in [5.74, 6) is 0. The molecule has 38 heavy (non-hydrogen) atoms. The highest BCUT2D eigenvalue weighted by molar-refractivity contribution is 5.93. The van der Waals surface area contributed by atoms with Crippen LogP contribution in [0.5, 0.6) is 0 Å². The minimum Gasteiger partial charge on any atom is -0.369 e. The van der Waals surface area contributed by atoms with Crippen LogP contribution in [0.4, 0.5) is 30.2 Å². The van der Waals surface area contributed by atoms with Gasteiger partial charge in [0.15, 0.2) is 0 Å². The summed E-state index contributed by atoms with van der Waals surface area (Å²) in [6.07, 6.45) is -0.733. The van der Waals surface area contributed by atoms with E-state index in [-0.39, 0.29) is 0 Å². The van der Waals surface area contributed by atoms with Crippen LogP contribution in [-0.4, -0.2) is 36.1 Å². The Hall–Kier alpha value is -3.58. The molecule has 0 bridgehead atoms. The van der Waals surface area contributed by atoms with Crippen molar-refractivity contribution in [3.63, 3.8) is 0 Å². The summed E-state index contributed by atoms with van der Waals surface area (Å²) in [7, 11) is 0. The van der Waals surface area contributed by atoms with Crippen LogP contribution >= 0.6 is 0 Å². The van der Waals surface area contributed by atoms with Crippen LogP contribution in [-0.2, 0) is 25.6 Å². The van der Waals surface area contributed by atoms with Crippen LogP contribution in [0.3, 0.4) is 0 Å². The second-order valence-corrected chi connectivity index (χ2v) is 9.80. The van der Waals surface area contributed by atoms with Crippen LogP contribution in [0.2, 0.25) is 0 Å². The standard InChI is InChI=1S/C31H33F3N4/c1-3-23-6-5-7-30(26(23)4-2)38-18-16-37(17-19-38)21-22-8-11-25(12-9-22)36-28-14-15-35-29-20-24(31(32,33)34)10-13-27(28)29/h5-15,20H,3-4,16-19,21H2,1-2H3,(H,35,36). The SMILES string of the molecule is CCc1cccc(N2CCN(Cc3ccc(Nc4ccnc5cc(C(F)(F)F)ccc45)cc3)CC2)c1CC. The zero-order valence-electron chi connectivity index (χ0n) is 21.9. The van der Waals surface area contributed by atoms with E-state index in [1.807, 2.05) is 12.1 Å². The zero-order valence-corrected chi connectivity index (χ0v) is 21.9. The van der Waals surface area contributed by atoms with E-state index in [4.69, 9.17) is 0 Å². The van der Waals surface area contributed by atoms with Crippen molar-refractivity contribution in [1.29, 1.82) is 0 Å². The van der Waals surface area contributed by atoms with E-state index in [0.717, 1.165) is 69.1 Å². The van der Waals surface area contributed by atoms with Gasteiger partial charge in [0.1, 0.15) is 0 Å². The number of pyridine rings is 1.